The summed E-state index contributed by atoms with van der Waals surface area (Å²) in [6, 6.07) is 0. The Morgan fingerprint density at radius 2 is 2.06 bits per heavy atom. The average Bonchev–Trinajstić information content (AvgIpc) is 2.18. The van der Waals surface area contributed by atoms with Crippen molar-refractivity contribution >= 4 is 21.7 Å². The van der Waals surface area contributed by atoms with Crippen molar-refractivity contribution in [2.45, 2.75) is 13.5 Å². The van der Waals surface area contributed by atoms with Crippen LogP contribution in [0.15, 0.2) is 26.8 Å². The van der Waals surface area contributed by atoms with E-state index in [1.54, 1.807) is 0 Å². The lowest BCUT2D eigenvalue weighted by Gasteiger charge is -2.08. The molecule has 6 heteroatoms. The molecule has 0 unspecified atom stereocenters. The highest BCUT2D eigenvalue weighted by molar-refractivity contribution is 9.11. The van der Waals surface area contributed by atoms with Crippen LogP contribution in [-0.2, 0) is 13.6 Å². The Kier molecular flexibility index (Phi) is 3.64. The van der Waals surface area contributed by atoms with Gasteiger partial charge in [0.05, 0.1) is 12.1 Å². The number of Topliss-reactive ketones (excluding diaryl/α,β-unsaturated/α-hetero) is 1. The topological polar surface area (TPSA) is 61.1 Å². The van der Waals surface area contributed by atoms with Crippen LogP contribution in [0.25, 0.3) is 0 Å². The van der Waals surface area contributed by atoms with Crippen LogP contribution in [0.4, 0.5) is 0 Å². The molecule has 5 nitrogen and oxygen atoms in total. The van der Waals surface area contributed by atoms with Crippen molar-refractivity contribution in [2.75, 3.05) is 0 Å². The predicted molar refractivity (Wildman–Crippen MR) is 64.0 cm³/mol. The molecule has 0 amide bonds. The number of nitrogens with zero attached hydrogens (tertiary/aromatic N) is 2. The van der Waals surface area contributed by atoms with E-state index in [1.165, 1.54) is 24.7 Å². The number of allylic oxidation sites excluding steroid dienone is 1. The number of rotatable bonds is 3. The summed E-state index contributed by atoms with van der Waals surface area (Å²) in [5, 5.41) is 0. The van der Waals surface area contributed by atoms with Gasteiger partial charge in [-0.25, -0.2) is 4.79 Å². The Bertz CT molecular complexity index is 568. The van der Waals surface area contributed by atoms with Crippen LogP contribution in [0.3, 0.4) is 0 Å². The number of carbonyl (C=O) groups is 1. The van der Waals surface area contributed by atoms with Gasteiger partial charge in [0.25, 0.3) is 5.56 Å². The van der Waals surface area contributed by atoms with E-state index in [1.807, 2.05) is 0 Å². The number of hydrogen-bond acceptors (Lipinski definition) is 3. The van der Waals surface area contributed by atoms with Gasteiger partial charge in [0.2, 0.25) is 0 Å². The zero-order valence-electron chi connectivity index (χ0n) is 8.99. The normalized spacial score (nSPS) is 10.2. The van der Waals surface area contributed by atoms with Gasteiger partial charge in [-0.05, 0) is 6.92 Å². The molecule has 0 saturated heterocycles. The third-order valence-electron chi connectivity index (χ3n) is 2.07. The number of aromatic nitrogens is 2. The second-order valence-corrected chi connectivity index (χ2v) is 4.51. The Morgan fingerprint density at radius 1 is 1.50 bits per heavy atom. The van der Waals surface area contributed by atoms with Crippen LogP contribution in [0.1, 0.15) is 17.3 Å². The summed E-state index contributed by atoms with van der Waals surface area (Å²) in [7, 11) is 1.34. The van der Waals surface area contributed by atoms with Gasteiger partial charge in [-0.15, -0.1) is 0 Å². The van der Waals surface area contributed by atoms with E-state index in [9.17, 15) is 14.4 Å². The molecule has 0 fully saturated rings. The fraction of sp³-hybridized carbons (Fsp3) is 0.300. The Labute approximate surface area is 100 Å². The van der Waals surface area contributed by atoms with Crippen LogP contribution in [0, 0.1) is 0 Å². The summed E-state index contributed by atoms with van der Waals surface area (Å²) in [6.45, 7) is 5.10. The van der Waals surface area contributed by atoms with Gasteiger partial charge < -0.3 is 0 Å². The molecule has 0 saturated carbocycles. The Hall–Kier alpha value is -1.43. The highest BCUT2D eigenvalue weighted by Crippen LogP contribution is 2.03. The van der Waals surface area contributed by atoms with Crippen molar-refractivity contribution in [2.24, 2.45) is 7.05 Å². The summed E-state index contributed by atoms with van der Waals surface area (Å²) < 4.78 is 2.75. The molecule has 1 aromatic rings. The van der Waals surface area contributed by atoms with Crippen molar-refractivity contribution in [1.82, 2.24) is 9.13 Å². The number of hydrogen-bond donors (Lipinski definition) is 0. The fourth-order valence-corrected chi connectivity index (χ4v) is 1.54. The molecule has 0 atom stereocenters. The molecular formula is C10H11BrN2O3. The summed E-state index contributed by atoms with van der Waals surface area (Å²) in [5.74, 6) is -0.366. The van der Waals surface area contributed by atoms with E-state index < -0.39 is 11.2 Å². The molecule has 0 aliphatic carbocycles. The van der Waals surface area contributed by atoms with Crippen molar-refractivity contribution in [3.05, 3.63) is 43.7 Å². The van der Waals surface area contributed by atoms with Gasteiger partial charge in [0, 0.05) is 17.7 Å². The second kappa shape index (κ2) is 4.61. The van der Waals surface area contributed by atoms with Crippen molar-refractivity contribution in [3.8, 4) is 0 Å². The molecule has 0 aliphatic rings. The monoisotopic (exact) mass is 286 g/mol. The molecule has 86 valence electrons. The number of carbonyl (C=O) groups excluding carboxylic acids is 1. The van der Waals surface area contributed by atoms with Crippen LogP contribution < -0.4 is 11.2 Å². The van der Waals surface area contributed by atoms with Gasteiger partial charge in [-0.3, -0.25) is 18.7 Å². The van der Waals surface area contributed by atoms with E-state index in [0.717, 1.165) is 4.57 Å². The molecule has 1 aromatic heterocycles. The van der Waals surface area contributed by atoms with Gasteiger partial charge in [0.1, 0.15) is 0 Å². The lowest BCUT2D eigenvalue weighted by atomic mass is 10.2. The van der Waals surface area contributed by atoms with Crippen molar-refractivity contribution in [1.29, 1.82) is 0 Å². The van der Waals surface area contributed by atoms with Crippen LogP contribution in [-0.4, -0.2) is 14.9 Å². The average molecular weight is 287 g/mol. The van der Waals surface area contributed by atoms with E-state index in [-0.39, 0.29) is 17.9 Å². The minimum atomic E-state index is -0.575. The molecule has 0 N–H and O–H groups in total. The molecule has 1 heterocycles. The molecule has 16 heavy (non-hydrogen) atoms. The smallest absolute Gasteiger partial charge is 0.295 e. The predicted octanol–water partition coefficient (Wildman–Crippen LogP) is 0.658. The lowest BCUT2D eigenvalue weighted by molar-refractivity contribution is 0.101. The molecule has 0 aliphatic heterocycles. The van der Waals surface area contributed by atoms with Gasteiger partial charge in [-0.2, -0.15) is 0 Å². The lowest BCUT2D eigenvalue weighted by Crippen LogP contribution is -2.40. The first-order valence-corrected chi connectivity index (χ1v) is 5.28. The third-order valence-corrected chi connectivity index (χ3v) is 2.32. The maximum absolute atomic E-state index is 11.7. The highest BCUT2D eigenvalue weighted by atomic mass is 79.9. The van der Waals surface area contributed by atoms with E-state index in [0.29, 0.717) is 4.48 Å². The first-order chi connectivity index (χ1) is 7.34. The quantitative estimate of drug-likeness (QED) is 0.767. The zero-order valence-corrected chi connectivity index (χ0v) is 10.6. The molecule has 0 radical (unpaired) electrons. The van der Waals surface area contributed by atoms with Crippen LogP contribution in [0.5, 0.6) is 0 Å². The zero-order chi connectivity index (χ0) is 12.5. The van der Waals surface area contributed by atoms with Gasteiger partial charge >= 0.3 is 5.69 Å². The highest BCUT2D eigenvalue weighted by Gasteiger charge is 2.11. The fourth-order valence-electron chi connectivity index (χ4n) is 1.27. The van der Waals surface area contributed by atoms with E-state index in [4.69, 9.17) is 0 Å². The van der Waals surface area contributed by atoms with Crippen molar-refractivity contribution in [3.63, 3.8) is 0 Å². The van der Waals surface area contributed by atoms with Crippen LogP contribution >= 0.6 is 15.9 Å². The summed E-state index contributed by atoms with van der Waals surface area (Å²) in [4.78, 5) is 34.4. The molecule has 1 rings (SSSR count). The van der Waals surface area contributed by atoms with Crippen molar-refractivity contribution < 1.29 is 4.79 Å². The van der Waals surface area contributed by atoms with E-state index >= 15 is 0 Å². The standard InChI is InChI=1S/C10H11BrN2O3/c1-6(11)4-13-5-8(7(2)14)9(15)12(3)10(13)16/h5H,1,4H2,2-3H3. The molecular weight excluding hydrogens is 276 g/mol. The Morgan fingerprint density at radius 3 is 2.50 bits per heavy atom. The third kappa shape index (κ3) is 2.38. The first-order valence-electron chi connectivity index (χ1n) is 4.49. The maximum Gasteiger partial charge on any atom is 0.331 e. The van der Waals surface area contributed by atoms with Gasteiger partial charge in [-0.1, -0.05) is 22.5 Å². The number of ketones is 1. The minimum absolute atomic E-state index is 0.00384. The molecule has 0 aromatic carbocycles. The van der Waals surface area contributed by atoms with Crippen LogP contribution in [0.2, 0.25) is 0 Å². The van der Waals surface area contributed by atoms with E-state index in [2.05, 4.69) is 22.5 Å². The summed E-state index contributed by atoms with van der Waals surface area (Å²) >= 11 is 3.12. The van der Waals surface area contributed by atoms with Gasteiger partial charge in [0.15, 0.2) is 5.78 Å². The maximum atomic E-state index is 11.7. The number of halogens is 1. The largest absolute Gasteiger partial charge is 0.331 e. The Balaban J connectivity index is 3.54. The first kappa shape index (κ1) is 12.6. The molecule has 0 bridgehead atoms. The summed E-state index contributed by atoms with van der Waals surface area (Å²) in [5.41, 5.74) is -1.06. The SMILES string of the molecule is C=C(Br)Cn1cc(C(C)=O)c(=O)n(C)c1=O. The molecule has 0 spiro atoms. The minimum Gasteiger partial charge on any atom is -0.295 e. The summed E-state index contributed by atoms with van der Waals surface area (Å²) in [6.07, 6.45) is 1.26. The second-order valence-electron chi connectivity index (χ2n) is 3.39.